The summed E-state index contributed by atoms with van der Waals surface area (Å²) in [6.07, 6.45) is 3.63. The van der Waals surface area contributed by atoms with Crippen molar-refractivity contribution in [2.75, 3.05) is 13.1 Å². The molecule has 5 heteroatoms. The van der Waals surface area contributed by atoms with Crippen LogP contribution in [0, 0.1) is 0 Å². The Hall–Kier alpha value is -1.36. The number of aliphatic imine (C=N–C) groups is 1. The molecule has 2 rings (SSSR count). The summed E-state index contributed by atoms with van der Waals surface area (Å²) in [7, 11) is 0. The van der Waals surface area contributed by atoms with E-state index in [-0.39, 0.29) is 6.04 Å². The normalized spacial score (nSPS) is 21.0. The molecule has 1 aliphatic rings. The highest BCUT2D eigenvalue weighted by molar-refractivity contribution is 7.09. The fourth-order valence-corrected chi connectivity index (χ4v) is 2.24. The molecule has 1 unspecified atom stereocenters. The van der Waals surface area contributed by atoms with Crippen LogP contribution in [0.3, 0.4) is 0 Å². The zero-order valence-electron chi connectivity index (χ0n) is 7.76. The molecule has 1 aromatic heterocycles. The van der Waals surface area contributed by atoms with E-state index in [1.807, 2.05) is 16.4 Å². The van der Waals surface area contributed by atoms with Crippen LogP contribution in [-0.2, 0) is 0 Å². The zero-order valence-corrected chi connectivity index (χ0v) is 8.57. The summed E-state index contributed by atoms with van der Waals surface area (Å²) in [5.74, 6) is 0.588. The van der Waals surface area contributed by atoms with E-state index in [4.69, 9.17) is 5.73 Å². The van der Waals surface area contributed by atoms with E-state index < -0.39 is 0 Å². The molecular formula is C9H12N4S. The minimum absolute atomic E-state index is 0.202. The number of hydrogen-bond donors (Lipinski definition) is 1. The van der Waals surface area contributed by atoms with Gasteiger partial charge in [-0.1, -0.05) is 6.08 Å². The molecule has 2 N–H and O–H groups in total. The first-order valence-corrected chi connectivity index (χ1v) is 5.27. The molecule has 0 saturated carbocycles. The fourth-order valence-electron chi connectivity index (χ4n) is 1.50. The van der Waals surface area contributed by atoms with Crippen molar-refractivity contribution < 1.29 is 0 Å². The van der Waals surface area contributed by atoms with Crippen LogP contribution in [0.5, 0.6) is 0 Å². The van der Waals surface area contributed by atoms with Crippen LogP contribution in [0.15, 0.2) is 29.2 Å². The first-order valence-electron chi connectivity index (χ1n) is 4.39. The van der Waals surface area contributed by atoms with E-state index >= 15 is 0 Å². The molecule has 0 radical (unpaired) electrons. The lowest BCUT2D eigenvalue weighted by Gasteiger charge is -2.22. The first-order chi connectivity index (χ1) is 6.83. The third-order valence-electron chi connectivity index (χ3n) is 2.16. The van der Waals surface area contributed by atoms with Gasteiger partial charge < -0.3 is 10.6 Å². The van der Waals surface area contributed by atoms with Crippen molar-refractivity contribution in [3.8, 4) is 0 Å². The van der Waals surface area contributed by atoms with Gasteiger partial charge in [0.25, 0.3) is 0 Å². The lowest BCUT2D eigenvalue weighted by molar-refractivity contribution is 0.379. The molecule has 1 aliphatic heterocycles. The SMILES string of the molecule is C=CCN1C(N)=NCC1c1nccs1. The Bertz CT molecular complexity index is 344. The Morgan fingerprint density at radius 1 is 1.79 bits per heavy atom. The van der Waals surface area contributed by atoms with Crippen LogP contribution in [0.2, 0.25) is 0 Å². The van der Waals surface area contributed by atoms with Crippen molar-refractivity contribution >= 4 is 17.3 Å². The summed E-state index contributed by atoms with van der Waals surface area (Å²) in [5, 5.41) is 3.03. The Morgan fingerprint density at radius 2 is 2.64 bits per heavy atom. The van der Waals surface area contributed by atoms with Gasteiger partial charge in [-0.15, -0.1) is 17.9 Å². The highest BCUT2D eigenvalue weighted by Crippen LogP contribution is 2.26. The van der Waals surface area contributed by atoms with Crippen molar-refractivity contribution in [3.05, 3.63) is 29.2 Å². The highest BCUT2D eigenvalue weighted by atomic mass is 32.1. The third kappa shape index (κ3) is 1.50. The largest absolute Gasteiger partial charge is 0.370 e. The molecular weight excluding hydrogens is 196 g/mol. The monoisotopic (exact) mass is 208 g/mol. The van der Waals surface area contributed by atoms with Crippen molar-refractivity contribution in [1.82, 2.24) is 9.88 Å². The highest BCUT2D eigenvalue weighted by Gasteiger charge is 2.27. The predicted octanol–water partition coefficient (Wildman–Crippen LogP) is 1.00. The molecule has 0 spiro atoms. The summed E-state index contributed by atoms with van der Waals surface area (Å²) in [6, 6.07) is 0.202. The second-order valence-corrected chi connectivity index (χ2v) is 3.95. The van der Waals surface area contributed by atoms with Crippen LogP contribution in [0.1, 0.15) is 11.0 Å². The number of nitrogens with two attached hydrogens (primary N) is 1. The number of nitrogens with zero attached hydrogens (tertiary/aromatic N) is 3. The van der Waals surface area contributed by atoms with Crippen LogP contribution in [0.25, 0.3) is 0 Å². The van der Waals surface area contributed by atoms with Gasteiger partial charge in [-0.25, -0.2) is 4.98 Å². The van der Waals surface area contributed by atoms with E-state index in [9.17, 15) is 0 Å². The van der Waals surface area contributed by atoms with E-state index in [0.717, 1.165) is 11.6 Å². The Balaban J connectivity index is 2.18. The molecule has 74 valence electrons. The predicted molar refractivity (Wildman–Crippen MR) is 58.2 cm³/mol. The maximum absolute atomic E-state index is 5.77. The summed E-state index contributed by atoms with van der Waals surface area (Å²) >= 11 is 1.64. The molecule has 2 heterocycles. The second-order valence-electron chi connectivity index (χ2n) is 3.03. The van der Waals surface area contributed by atoms with Crippen LogP contribution in [0.4, 0.5) is 0 Å². The third-order valence-corrected chi connectivity index (χ3v) is 3.04. The van der Waals surface area contributed by atoms with Crippen molar-refractivity contribution in [2.24, 2.45) is 10.7 Å². The average molecular weight is 208 g/mol. The minimum Gasteiger partial charge on any atom is -0.370 e. The van der Waals surface area contributed by atoms with Crippen molar-refractivity contribution in [3.63, 3.8) is 0 Å². The van der Waals surface area contributed by atoms with Gasteiger partial charge >= 0.3 is 0 Å². The standard InChI is InChI=1S/C9H12N4S/c1-2-4-13-7(6-12-9(13)10)8-11-3-5-14-8/h2-3,5,7H,1,4,6H2,(H2,10,12). The Kier molecular flexibility index (Phi) is 2.49. The van der Waals surface area contributed by atoms with Gasteiger partial charge in [-0.2, -0.15) is 0 Å². The van der Waals surface area contributed by atoms with Gasteiger partial charge in [0.2, 0.25) is 0 Å². The Labute approximate surface area is 86.8 Å². The molecule has 14 heavy (non-hydrogen) atoms. The van der Waals surface area contributed by atoms with Gasteiger partial charge in [-0.3, -0.25) is 4.99 Å². The summed E-state index contributed by atoms with van der Waals surface area (Å²) < 4.78 is 0. The van der Waals surface area contributed by atoms with Crippen LogP contribution < -0.4 is 5.73 Å². The first kappa shape index (κ1) is 9.21. The van der Waals surface area contributed by atoms with Gasteiger partial charge in [0.15, 0.2) is 5.96 Å². The zero-order chi connectivity index (χ0) is 9.97. The summed E-state index contributed by atoms with van der Waals surface area (Å²) in [4.78, 5) is 10.5. The van der Waals surface area contributed by atoms with E-state index in [2.05, 4.69) is 16.6 Å². The minimum atomic E-state index is 0.202. The van der Waals surface area contributed by atoms with Gasteiger partial charge in [0.1, 0.15) is 11.0 Å². The molecule has 0 bridgehead atoms. The van der Waals surface area contributed by atoms with Crippen LogP contribution in [-0.4, -0.2) is 28.9 Å². The quantitative estimate of drug-likeness (QED) is 0.754. The van der Waals surface area contributed by atoms with Crippen LogP contribution >= 0.6 is 11.3 Å². The topological polar surface area (TPSA) is 54.5 Å². The molecule has 4 nitrogen and oxygen atoms in total. The molecule has 0 amide bonds. The van der Waals surface area contributed by atoms with E-state index in [1.54, 1.807) is 17.5 Å². The maximum atomic E-state index is 5.77. The van der Waals surface area contributed by atoms with Gasteiger partial charge in [-0.05, 0) is 0 Å². The second kappa shape index (κ2) is 3.79. The molecule has 0 aromatic carbocycles. The summed E-state index contributed by atoms with van der Waals surface area (Å²) in [5.41, 5.74) is 5.77. The molecule has 1 aromatic rings. The Morgan fingerprint density at radius 3 is 3.29 bits per heavy atom. The fraction of sp³-hybridized carbons (Fsp3) is 0.333. The molecule has 0 aliphatic carbocycles. The van der Waals surface area contributed by atoms with Gasteiger partial charge in [0.05, 0.1) is 6.54 Å². The lowest BCUT2D eigenvalue weighted by atomic mass is 10.3. The number of thiazole rings is 1. The average Bonchev–Trinajstić information content (AvgIpc) is 2.77. The van der Waals surface area contributed by atoms with E-state index in [1.165, 1.54) is 0 Å². The van der Waals surface area contributed by atoms with Crippen molar-refractivity contribution in [1.29, 1.82) is 0 Å². The van der Waals surface area contributed by atoms with E-state index in [0.29, 0.717) is 12.5 Å². The number of aromatic nitrogens is 1. The number of rotatable bonds is 3. The van der Waals surface area contributed by atoms with Gasteiger partial charge in [0, 0.05) is 18.1 Å². The molecule has 0 saturated heterocycles. The smallest absolute Gasteiger partial charge is 0.192 e. The molecule has 1 atom stereocenters. The maximum Gasteiger partial charge on any atom is 0.192 e. The van der Waals surface area contributed by atoms with Crippen molar-refractivity contribution in [2.45, 2.75) is 6.04 Å². The molecule has 0 fully saturated rings. The number of guanidine groups is 1. The lowest BCUT2D eigenvalue weighted by Crippen LogP contribution is -2.36. The summed E-state index contributed by atoms with van der Waals surface area (Å²) in [6.45, 7) is 5.13. The number of hydrogen-bond acceptors (Lipinski definition) is 5.